The van der Waals surface area contributed by atoms with Crippen LogP contribution >= 0.6 is 27.5 Å². The van der Waals surface area contributed by atoms with Crippen LogP contribution in [0.1, 0.15) is 18.9 Å². The predicted octanol–water partition coefficient (Wildman–Crippen LogP) is 3.58. The summed E-state index contributed by atoms with van der Waals surface area (Å²) in [7, 11) is 0. The number of nitrogens with one attached hydrogen (secondary N) is 1. The number of alkyl halides is 1. The van der Waals surface area contributed by atoms with Crippen molar-refractivity contribution in [1.29, 1.82) is 0 Å². The second kappa shape index (κ2) is 5.56. The highest BCUT2D eigenvalue weighted by molar-refractivity contribution is 9.10. The average molecular weight is 278 g/mol. The molecule has 0 aliphatic heterocycles. The third-order valence-corrected chi connectivity index (χ3v) is 2.73. The molecule has 1 heterocycles. The van der Waals surface area contributed by atoms with E-state index in [0.717, 1.165) is 22.3 Å². The summed E-state index contributed by atoms with van der Waals surface area (Å²) in [6.07, 6.45) is 2.78. The maximum atomic E-state index is 5.66. The fourth-order valence-corrected chi connectivity index (χ4v) is 2.01. The molecule has 14 heavy (non-hydrogen) atoms. The quantitative estimate of drug-likeness (QED) is 0.851. The second-order valence-electron chi connectivity index (χ2n) is 3.37. The first-order chi connectivity index (χ1) is 6.63. The van der Waals surface area contributed by atoms with E-state index in [1.807, 2.05) is 19.2 Å². The molecule has 78 valence electrons. The van der Waals surface area contributed by atoms with Gasteiger partial charge in [-0.1, -0.05) is 0 Å². The van der Waals surface area contributed by atoms with Crippen molar-refractivity contribution in [3.8, 4) is 0 Å². The zero-order valence-corrected chi connectivity index (χ0v) is 10.7. The van der Waals surface area contributed by atoms with Crippen molar-refractivity contribution >= 4 is 33.3 Å². The van der Waals surface area contributed by atoms with Gasteiger partial charge in [0.25, 0.3) is 0 Å². The van der Waals surface area contributed by atoms with Gasteiger partial charge in [0.2, 0.25) is 0 Å². The monoisotopic (exact) mass is 276 g/mol. The number of anilines is 1. The summed E-state index contributed by atoms with van der Waals surface area (Å²) in [5.74, 6) is 1.55. The number of hydrogen-bond donors (Lipinski definition) is 1. The largest absolute Gasteiger partial charge is 0.367 e. The summed E-state index contributed by atoms with van der Waals surface area (Å²) < 4.78 is 0.999. The Morgan fingerprint density at radius 2 is 2.36 bits per heavy atom. The van der Waals surface area contributed by atoms with E-state index in [9.17, 15) is 0 Å². The lowest BCUT2D eigenvalue weighted by Crippen LogP contribution is -2.16. The van der Waals surface area contributed by atoms with Crippen molar-refractivity contribution in [2.24, 2.45) is 0 Å². The average Bonchev–Trinajstić information content (AvgIpc) is 2.10. The van der Waals surface area contributed by atoms with Crippen LogP contribution in [0.15, 0.2) is 16.7 Å². The summed E-state index contributed by atoms with van der Waals surface area (Å²) in [5.41, 5.74) is 1.15. The molecule has 0 spiro atoms. The molecule has 0 aliphatic rings. The fraction of sp³-hybridized carbons (Fsp3) is 0.500. The van der Waals surface area contributed by atoms with Gasteiger partial charge in [-0.15, -0.1) is 11.6 Å². The first-order valence-corrected chi connectivity index (χ1v) is 5.91. The highest BCUT2D eigenvalue weighted by Crippen LogP contribution is 2.21. The van der Waals surface area contributed by atoms with E-state index in [-0.39, 0.29) is 0 Å². The van der Waals surface area contributed by atoms with E-state index < -0.39 is 0 Å². The van der Waals surface area contributed by atoms with Crippen molar-refractivity contribution in [3.05, 3.63) is 22.3 Å². The van der Waals surface area contributed by atoms with Gasteiger partial charge in [0.15, 0.2) is 0 Å². The van der Waals surface area contributed by atoms with Crippen molar-refractivity contribution in [2.75, 3.05) is 11.2 Å². The van der Waals surface area contributed by atoms with Gasteiger partial charge in [0.1, 0.15) is 5.82 Å². The Balaban J connectivity index is 2.67. The number of aryl methyl sites for hydroxylation is 1. The third-order valence-electron chi connectivity index (χ3n) is 1.90. The van der Waals surface area contributed by atoms with E-state index in [1.54, 1.807) is 0 Å². The van der Waals surface area contributed by atoms with Crippen LogP contribution in [0.3, 0.4) is 0 Å². The fourth-order valence-electron chi connectivity index (χ4n) is 1.11. The Labute approximate surface area is 98.2 Å². The van der Waals surface area contributed by atoms with E-state index in [2.05, 4.69) is 33.2 Å². The Morgan fingerprint density at radius 1 is 1.64 bits per heavy atom. The van der Waals surface area contributed by atoms with Gasteiger partial charge >= 0.3 is 0 Å². The topological polar surface area (TPSA) is 24.9 Å². The molecule has 1 rings (SSSR count). The third kappa shape index (κ3) is 3.46. The molecule has 1 aromatic heterocycles. The Kier molecular flexibility index (Phi) is 4.69. The molecule has 0 saturated heterocycles. The normalized spacial score (nSPS) is 12.6. The van der Waals surface area contributed by atoms with E-state index in [4.69, 9.17) is 11.6 Å². The zero-order chi connectivity index (χ0) is 10.6. The summed E-state index contributed by atoms with van der Waals surface area (Å²) in [6.45, 7) is 4.11. The predicted molar refractivity (Wildman–Crippen MR) is 65.1 cm³/mol. The first kappa shape index (κ1) is 11.8. The molecule has 2 nitrogen and oxygen atoms in total. The minimum absolute atomic E-state index is 0.346. The molecule has 1 atom stereocenters. The van der Waals surface area contributed by atoms with Crippen LogP contribution in [-0.2, 0) is 0 Å². The second-order valence-corrected chi connectivity index (χ2v) is 4.60. The van der Waals surface area contributed by atoms with Gasteiger partial charge in [-0.05, 0) is 47.8 Å². The van der Waals surface area contributed by atoms with Gasteiger partial charge in [0, 0.05) is 18.1 Å². The van der Waals surface area contributed by atoms with E-state index >= 15 is 0 Å². The van der Waals surface area contributed by atoms with E-state index in [1.165, 1.54) is 0 Å². The molecule has 0 aliphatic carbocycles. The molecular weight excluding hydrogens is 263 g/mol. The summed E-state index contributed by atoms with van der Waals surface area (Å²) in [4.78, 5) is 4.30. The molecule has 0 bridgehead atoms. The molecule has 4 heteroatoms. The molecule has 0 fully saturated rings. The van der Waals surface area contributed by atoms with Crippen LogP contribution < -0.4 is 5.32 Å². The van der Waals surface area contributed by atoms with Crippen LogP contribution in [0.2, 0.25) is 0 Å². The van der Waals surface area contributed by atoms with Gasteiger partial charge in [0.05, 0.1) is 4.47 Å². The number of aromatic nitrogens is 1. The minimum Gasteiger partial charge on any atom is -0.367 e. The Hall–Kier alpha value is -0.280. The van der Waals surface area contributed by atoms with Gasteiger partial charge in [-0.3, -0.25) is 0 Å². The molecule has 0 amide bonds. The zero-order valence-electron chi connectivity index (χ0n) is 8.35. The first-order valence-electron chi connectivity index (χ1n) is 4.58. The Bertz CT molecular complexity index is 304. The van der Waals surface area contributed by atoms with Crippen LogP contribution in [-0.4, -0.2) is 16.9 Å². The number of nitrogens with zero attached hydrogens (tertiary/aromatic N) is 1. The summed E-state index contributed by atoms with van der Waals surface area (Å²) in [5, 5.41) is 3.30. The number of rotatable bonds is 4. The highest BCUT2D eigenvalue weighted by Gasteiger charge is 2.05. The molecule has 0 saturated carbocycles. The SMILES string of the molecule is Cc1cnc(NC(C)CCCl)c(Br)c1. The maximum Gasteiger partial charge on any atom is 0.140 e. The van der Waals surface area contributed by atoms with Crippen LogP contribution in [0.5, 0.6) is 0 Å². The van der Waals surface area contributed by atoms with E-state index in [0.29, 0.717) is 11.9 Å². The molecule has 1 unspecified atom stereocenters. The van der Waals surface area contributed by atoms with Crippen molar-refractivity contribution in [1.82, 2.24) is 4.98 Å². The summed E-state index contributed by atoms with van der Waals surface area (Å²) in [6, 6.07) is 2.39. The lowest BCUT2D eigenvalue weighted by atomic mass is 10.2. The maximum absolute atomic E-state index is 5.66. The van der Waals surface area contributed by atoms with Crippen molar-refractivity contribution in [2.45, 2.75) is 26.3 Å². The minimum atomic E-state index is 0.346. The molecule has 1 aromatic rings. The lowest BCUT2D eigenvalue weighted by Gasteiger charge is -2.14. The number of hydrogen-bond acceptors (Lipinski definition) is 2. The molecule has 0 radical (unpaired) electrons. The summed E-state index contributed by atoms with van der Waals surface area (Å²) >= 11 is 9.12. The molecular formula is C10H14BrClN2. The highest BCUT2D eigenvalue weighted by atomic mass is 79.9. The number of pyridine rings is 1. The van der Waals surface area contributed by atoms with Crippen molar-refractivity contribution < 1.29 is 0 Å². The van der Waals surface area contributed by atoms with Gasteiger partial charge in [-0.25, -0.2) is 4.98 Å². The van der Waals surface area contributed by atoms with Crippen LogP contribution in [0, 0.1) is 6.92 Å². The molecule has 1 N–H and O–H groups in total. The van der Waals surface area contributed by atoms with Gasteiger partial charge < -0.3 is 5.32 Å². The Morgan fingerprint density at radius 3 is 2.93 bits per heavy atom. The van der Waals surface area contributed by atoms with Crippen LogP contribution in [0.4, 0.5) is 5.82 Å². The van der Waals surface area contributed by atoms with Crippen molar-refractivity contribution in [3.63, 3.8) is 0 Å². The smallest absolute Gasteiger partial charge is 0.140 e. The van der Waals surface area contributed by atoms with Gasteiger partial charge in [-0.2, -0.15) is 0 Å². The lowest BCUT2D eigenvalue weighted by molar-refractivity contribution is 0.763. The number of halogens is 2. The standard InChI is InChI=1S/C10H14BrClN2/c1-7-5-9(11)10(13-6-7)14-8(2)3-4-12/h5-6,8H,3-4H2,1-2H3,(H,13,14). The molecule has 0 aromatic carbocycles. The van der Waals surface area contributed by atoms with Crippen LogP contribution in [0.25, 0.3) is 0 Å².